The van der Waals surface area contributed by atoms with Crippen LogP contribution in [0, 0.1) is 13.8 Å². The van der Waals surface area contributed by atoms with Gasteiger partial charge in [0.15, 0.2) is 11.5 Å². The zero-order chi connectivity index (χ0) is 20.1. The van der Waals surface area contributed by atoms with Crippen LogP contribution in [0.5, 0.6) is 11.5 Å². The van der Waals surface area contributed by atoms with Gasteiger partial charge in [-0.15, -0.1) is 0 Å². The van der Waals surface area contributed by atoms with Crippen molar-refractivity contribution in [1.82, 2.24) is 9.78 Å². The number of aryl methyl sites for hydroxylation is 2. The summed E-state index contributed by atoms with van der Waals surface area (Å²) >= 11 is 0. The highest BCUT2D eigenvalue weighted by atomic mass is 32.2. The van der Waals surface area contributed by atoms with Crippen molar-refractivity contribution in [2.24, 2.45) is 0 Å². The summed E-state index contributed by atoms with van der Waals surface area (Å²) in [6.07, 6.45) is 0. The molecule has 0 bridgehead atoms. The van der Waals surface area contributed by atoms with Gasteiger partial charge in [0.1, 0.15) is 5.82 Å². The number of carbonyl (C=O) groups is 1. The predicted octanol–water partition coefficient (Wildman–Crippen LogP) is 3.23. The standard InChI is InChI=1S/C21H19N3O4S/c1-12-3-5-17(13(2)7-12)24-20(15-9-29(26)10-16(15)23-24)22-21(25)14-4-6-18-19(8-14)28-11-27-18/h3-8H,9-11H2,1-2H3,(H,22,25)/t29-/m0/s1. The molecule has 0 unspecified atom stereocenters. The van der Waals surface area contributed by atoms with Gasteiger partial charge in [-0.2, -0.15) is 5.10 Å². The molecule has 1 N–H and O–H groups in total. The summed E-state index contributed by atoms with van der Waals surface area (Å²) in [5.41, 5.74) is 5.14. The molecular weight excluding hydrogens is 390 g/mol. The van der Waals surface area contributed by atoms with E-state index in [0.29, 0.717) is 34.4 Å². The second-order valence-corrected chi connectivity index (χ2v) is 8.68. The molecule has 0 radical (unpaired) electrons. The summed E-state index contributed by atoms with van der Waals surface area (Å²) in [7, 11) is -0.995. The first-order valence-electron chi connectivity index (χ1n) is 9.24. The third-order valence-electron chi connectivity index (χ3n) is 5.12. The van der Waals surface area contributed by atoms with E-state index in [1.165, 1.54) is 0 Å². The number of amides is 1. The quantitative estimate of drug-likeness (QED) is 0.718. The molecule has 0 saturated heterocycles. The second-order valence-electron chi connectivity index (χ2n) is 7.23. The number of anilines is 1. The van der Waals surface area contributed by atoms with E-state index in [1.807, 2.05) is 26.0 Å². The van der Waals surface area contributed by atoms with E-state index in [2.05, 4.69) is 16.5 Å². The minimum absolute atomic E-state index is 0.152. The number of nitrogens with one attached hydrogen (secondary N) is 1. The fourth-order valence-corrected chi connectivity index (χ4v) is 4.96. The molecule has 0 saturated carbocycles. The van der Waals surface area contributed by atoms with E-state index in [4.69, 9.17) is 9.47 Å². The smallest absolute Gasteiger partial charge is 0.256 e. The van der Waals surface area contributed by atoms with Crippen LogP contribution in [0.4, 0.5) is 5.82 Å². The molecule has 29 heavy (non-hydrogen) atoms. The minimum Gasteiger partial charge on any atom is -0.454 e. The molecule has 2 aromatic carbocycles. The van der Waals surface area contributed by atoms with Crippen LogP contribution >= 0.6 is 0 Å². The van der Waals surface area contributed by atoms with Crippen LogP contribution in [-0.2, 0) is 22.3 Å². The zero-order valence-corrected chi connectivity index (χ0v) is 16.8. The Morgan fingerprint density at radius 1 is 1.10 bits per heavy atom. The summed E-state index contributed by atoms with van der Waals surface area (Å²) in [4.78, 5) is 13.0. The van der Waals surface area contributed by atoms with Crippen LogP contribution in [0.15, 0.2) is 36.4 Å². The van der Waals surface area contributed by atoms with Crippen molar-refractivity contribution < 1.29 is 18.5 Å². The number of ether oxygens (including phenoxy) is 2. The molecule has 1 atom stereocenters. The van der Waals surface area contributed by atoms with Gasteiger partial charge in [0.25, 0.3) is 5.91 Å². The highest BCUT2D eigenvalue weighted by Gasteiger charge is 2.29. The van der Waals surface area contributed by atoms with E-state index >= 15 is 0 Å². The maximum atomic E-state index is 13.0. The van der Waals surface area contributed by atoms with Crippen molar-refractivity contribution in [2.75, 3.05) is 12.1 Å². The minimum atomic E-state index is -0.995. The van der Waals surface area contributed by atoms with E-state index in [9.17, 15) is 9.00 Å². The number of nitrogens with zero attached hydrogens (tertiary/aromatic N) is 2. The highest BCUT2D eigenvalue weighted by Crippen LogP contribution is 2.35. The Kier molecular flexibility index (Phi) is 4.16. The monoisotopic (exact) mass is 409 g/mol. The van der Waals surface area contributed by atoms with Gasteiger partial charge in [0.05, 0.1) is 22.9 Å². The van der Waals surface area contributed by atoms with Crippen molar-refractivity contribution in [3.8, 4) is 17.2 Å². The Labute approximate surface area is 170 Å². The first-order chi connectivity index (χ1) is 14.0. The summed E-state index contributed by atoms with van der Waals surface area (Å²) < 4.78 is 24.5. The van der Waals surface area contributed by atoms with Gasteiger partial charge in [-0.3, -0.25) is 9.00 Å². The highest BCUT2D eigenvalue weighted by molar-refractivity contribution is 7.83. The molecular formula is C21H19N3O4S. The van der Waals surface area contributed by atoms with Crippen LogP contribution in [0.3, 0.4) is 0 Å². The van der Waals surface area contributed by atoms with Gasteiger partial charge in [-0.25, -0.2) is 4.68 Å². The van der Waals surface area contributed by atoms with Gasteiger partial charge >= 0.3 is 0 Å². The lowest BCUT2D eigenvalue weighted by Crippen LogP contribution is -2.17. The van der Waals surface area contributed by atoms with Crippen LogP contribution in [0.1, 0.15) is 32.7 Å². The lowest BCUT2D eigenvalue weighted by atomic mass is 10.1. The summed E-state index contributed by atoms with van der Waals surface area (Å²) in [5.74, 6) is 2.25. The molecule has 0 spiro atoms. The lowest BCUT2D eigenvalue weighted by Gasteiger charge is -2.13. The average molecular weight is 409 g/mol. The van der Waals surface area contributed by atoms with E-state index < -0.39 is 10.8 Å². The largest absolute Gasteiger partial charge is 0.454 e. The maximum Gasteiger partial charge on any atom is 0.256 e. The number of rotatable bonds is 3. The molecule has 3 heterocycles. The van der Waals surface area contributed by atoms with Crippen LogP contribution in [-0.4, -0.2) is 26.7 Å². The summed E-state index contributed by atoms with van der Waals surface area (Å²) in [6.45, 7) is 4.20. The molecule has 2 aliphatic heterocycles. The van der Waals surface area contributed by atoms with E-state index in [-0.39, 0.29) is 12.7 Å². The Morgan fingerprint density at radius 3 is 2.76 bits per heavy atom. The molecule has 7 nitrogen and oxygen atoms in total. The molecule has 0 fully saturated rings. The number of benzene rings is 2. The van der Waals surface area contributed by atoms with Crippen molar-refractivity contribution in [3.05, 3.63) is 64.3 Å². The molecule has 2 aliphatic rings. The van der Waals surface area contributed by atoms with Crippen LogP contribution in [0.25, 0.3) is 5.69 Å². The van der Waals surface area contributed by atoms with Crippen LogP contribution in [0.2, 0.25) is 0 Å². The normalized spacial score (nSPS) is 16.7. The first kappa shape index (κ1) is 17.9. The van der Waals surface area contributed by atoms with Crippen molar-refractivity contribution in [3.63, 3.8) is 0 Å². The van der Waals surface area contributed by atoms with E-state index in [0.717, 1.165) is 28.1 Å². The molecule has 148 valence electrons. The number of hydrogen-bond donors (Lipinski definition) is 1. The van der Waals surface area contributed by atoms with Crippen molar-refractivity contribution >= 4 is 22.5 Å². The zero-order valence-electron chi connectivity index (χ0n) is 16.0. The lowest BCUT2D eigenvalue weighted by molar-refractivity contribution is 0.102. The predicted molar refractivity (Wildman–Crippen MR) is 109 cm³/mol. The molecule has 0 aliphatic carbocycles. The Hall–Kier alpha value is -3.13. The second kappa shape index (κ2) is 6.73. The van der Waals surface area contributed by atoms with Gasteiger partial charge in [-0.05, 0) is 43.7 Å². The fourth-order valence-electron chi connectivity index (χ4n) is 3.69. The van der Waals surface area contributed by atoms with Gasteiger partial charge in [0, 0.05) is 21.9 Å². The molecule has 8 heteroatoms. The van der Waals surface area contributed by atoms with Crippen LogP contribution < -0.4 is 14.8 Å². The maximum absolute atomic E-state index is 13.0. The number of fused-ring (bicyclic) bond motifs is 2. The van der Waals surface area contributed by atoms with Gasteiger partial charge in [-0.1, -0.05) is 17.7 Å². The van der Waals surface area contributed by atoms with Crippen molar-refractivity contribution in [1.29, 1.82) is 0 Å². The number of carbonyl (C=O) groups excluding carboxylic acids is 1. The Bertz CT molecular complexity index is 1180. The topological polar surface area (TPSA) is 82.5 Å². The number of hydrogen-bond acceptors (Lipinski definition) is 5. The SMILES string of the molecule is Cc1ccc(-n2nc3c(c2NC(=O)c2ccc4c(c2)OCO4)C[S@](=O)C3)c(C)c1. The molecule has 3 aromatic rings. The van der Waals surface area contributed by atoms with Gasteiger partial charge < -0.3 is 14.8 Å². The third kappa shape index (κ3) is 3.09. The average Bonchev–Trinajstić information content (AvgIpc) is 3.37. The van der Waals surface area contributed by atoms with Crippen molar-refractivity contribution in [2.45, 2.75) is 25.4 Å². The first-order valence-corrected chi connectivity index (χ1v) is 10.7. The summed E-state index contributed by atoms with van der Waals surface area (Å²) in [6, 6.07) is 11.1. The summed E-state index contributed by atoms with van der Waals surface area (Å²) in [5, 5.41) is 7.66. The molecule has 5 rings (SSSR count). The van der Waals surface area contributed by atoms with E-state index in [1.54, 1.807) is 22.9 Å². The third-order valence-corrected chi connectivity index (χ3v) is 6.32. The Balaban J connectivity index is 1.55. The fraction of sp³-hybridized carbons (Fsp3) is 0.238. The molecule has 1 amide bonds. The van der Waals surface area contributed by atoms with Gasteiger partial charge in [0.2, 0.25) is 6.79 Å². The Morgan fingerprint density at radius 2 is 1.93 bits per heavy atom. The number of aromatic nitrogens is 2. The molecule has 1 aromatic heterocycles.